The Kier molecular flexibility index (Phi) is 4.06. The van der Waals surface area contributed by atoms with Gasteiger partial charge in [-0.25, -0.2) is 9.97 Å². The molecule has 2 heterocycles. The fourth-order valence-electron chi connectivity index (χ4n) is 2.32. The van der Waals surface area contributed by atoms with Crippen molar-refractivity contribution in [3.05, 3.63) is 47.5 Å². The fourth-order valence-corrected chi connectivity index (χ4v) is 2.32. The molecule has 0 aliphatic heterocycles. The lowest BCUT2D eigenvalue weighted by Gasteiger charge is -2.09. The minimum absolute atomic E-state index is 0.136. The molecule has 3 aromatic rings. The molecule has 0 aliphatic rings. The number of benzene rings is 1. The van der Waals surface area contributed by atoms with E-state index in [9.17, 15) is 4.79 Å². The molecule has 0 saturated carbocycles. The maximum Gasteiger partial charge on any atom is 0.231 e. The van der Waals surface area contributed by atoms with Crippen molar-refractivity contribution in [1.29, 1.82) is 0 Å². The van der Waals surface area contributed by atoms with Crippen LogP contribution in [0, 0.1) is 6.92 Å². The van der Waals surface area contributed by atoms with E-state index in [-0.39, 0.29) is 18.2 Å². The number of hydrogen-bond donors (Lipinski definition) is 1. The molecule has 0 spiro atoms. The van der Waals surface area contributed by atoms with Gasteiger partial charge in [-0.15, -0.1) is 0 Å². The molecule has 23 heavy (non-hydrogen) atoms. The maximum absolute atomic E-state index is 12.3. The lowest BCUT2D eigenvalue weighted by molar-refractivity contribution is -0.115. The average molecular weight is 310 g/mol. The average Bonchev–Trinajstić information content (AvgIpc) is 2.90. The zero-order valence-electron chi connectivity index (χ0n) is 13.3. The number of hydrogen-bond acceptors (Lipinski definition) is 5. The van der Waals surface area contributed by atoms with Crippen LogP contribution in [0.4, 0.5) is 5.82 Å². The molecule has 3 rings (SSSR count). The summed E-state index contributed by atoms with van der Waals surface area (Å²) in [6, 6.07) is 9.23. The Morgan fingerprint density at radius 1 is 1.26 bits per heavy atom. The van der Waals surface area contributed by atoms with E-state index in [1.165, 1.54) is 0 Å². The number of carbonyl (C=O) groups is 1. The van der Waals surface area contributed by atoms with Crippen molar-refractivity contribution in [2.45, 2.75) is 33.1 Å². The van der Waals surface area contributed by atoms with Crippen LogP contribution >= 0.6 is 0 Å². The van der Waals surface area contributed by atoms with E-state index >= 15 is 0 Å². The molecular weight excluding hydrogens is 292 g/mol. The van der Waals surface area contributed by atoms with Crippen molar-refractivity contribution >= 4 is 22.7 Å². The number of fused-ring (bicyclic) bond motifs is 1. The molecule has 0 unspecified atom stereocenters. The zero-order chi connectivity index (χ0) is 16.4. The first-order chi connectivity index (χ1) is 11.0. The highest BCUT2D eigenvalue weighted by molar-refractivity contribution is 5.94. The Labute approximate surface area is 133 Å². The van der Waals surface area contributed by atoms with Crippen molar-refractivity contribution in [2.24, 2.45) is 0 Å². The number of anilines is 1. The van der Waals surface area contributed by atoms with Gasteiger partial charge in [-0.3, -0.25) is 4.79 Å². The van der Waals surface area contributed by atoms with Crippen LogP contribution in [0.2, 0.25) is 0 Å². The van der Waals surface area contributed by atoms with Gasteiger partial charge < -0.3 is 9.84 Å². The molecule has 0 fully saturated rings. The van der Waals surface area contributed by atoms with Crippen LogP contribution in [0.1, 0.15) is 37.0 Å². The smallest absolute Gasteiger partial charge is 0.231 e. The molecule has 0 aliphatic carbocycles. The summed E-state index contributed by atoms with van der Waals surface area (Å²) in [4.78, 5) is 21.0. The van der Waals surface area contributed by atoms with Crippen LogP contribution in [-0.4, -0.2) is 21.0 Å². The molecule has 0 atom stereocenters. The topological polar surface area (TPSA) is 80.9 Å². The summed E-state index contributed by atoms with van der Waals surface area (Å²) in [7, 11) is 0. The van der Waals surface area contributed by atoms with Crippen molar-refractivity contribution in [3.8, 4) is 0 Å². The van der Waals surface area contributed by atoms with E-state index in [4.69, 9.17) is 4.52 Å². The Hall–Kier alpha value is -2.76. The molecule has 1 aromatic carbocycles. The van der Waals surface area contributed by atoms with Crippen LogP contribution < -0.4 is 5.32 Å². The van der Waals surface area contributed by atoms with Gasteiger partial charge in [0.2, 0.25) is 5.91 Å². The summed E-state index contributed by atoms with van der Waals surface area (Å²) in [5, 5.41) is 7.63. The van der Waals surface area contributed by atoms with Gasteiger partial charge in [0.05, 0.1) is 6.42 Å². The summed E-state index contributed by atoms with van der Waals surface area (Å²) in [6.07, 6.45) is 0.136. The Balaban J connectivity index is 1.77. The third kappa shape index (κ3) is 3.36. The SMILES string of the molecule is Cc1cc(NC(=O)Cc2noc3ccccc23)nc(C(C)C)n1. The molecule has 6 heteroatoms. The summed E-state index contributed by atoms with van der Waals surface area (Å²) in [5.74, 6) is 1.24. The van der Waals surface area contributed by atoms with Crippen molar-refractivity contribution in [1.82, 2.24) is 15.1 Å². The number of rotatable bonds is 4. The third-order valence-electron chi connectivity index (χ3n) is 3.44. The van der Waals surface area contributed by atoms with Gasteiger partial charge in [0, 0.05) is 23.1 Å². The van der Waals surface area contributed by atoms with E-state index in [1.54, 1.807) is 6.07 Å². The van der Waals surface area contributed by atoms with Gasteiger partial charge in [0.25, 0.3) is 0 Å². The Morgan fingerprint density at radius 3 is 2.83 bits per heavy atom. The predicted octanol–water partition coefficient (Wildman–Crippen LogP) is 3.23. The normalized spacial score (nSPS) is 11.1. The molecular formula is C17H18N4O2. The summed E-state index contributed by atoms with van der Waals surface area (Å²) in [5.41, 5.74) is 2.12. The van der Waals surface area contributed by atoms with Crippen LogP contribution in [0.15, 0.2) is 34.9 Å². The second-order valence-corrected chi connectivity index (χ2v) is 5.76. The van der Waals surface area contributed by atoms with E-state index in [1.807, 2.05) is 45.0 Å². The number of aromatic nitrogens is 3. The van der Waals surface area contributed by atoms with E-state index in [0.717, 1.165) is 11.1 Å². The van der Waals surface area contributed by atoms with Gasteiger partial charge in [-0.1, -0.05) is 31.1 Å². The molecule has 0 saturated heterocycles. The standard InChI is InChI=1S/C17H18N4O2/c1-10(2)17-18-11(3)8-15(20-17)19-16(22)9-13-12-6-4-5-7-14(12)23-21-13/h4-8,10H,9H2,1-3H3,(H,18,19,20,22). The highest BCUT2D eigenvalue weighted by atomic mass is 16.5. The lowest BCUT2D eigenvalue weighted by atomic mass is 10.1. The molecule has 118 valence electrons. The fraction of sp³-hybridized carbons (Fsp3) is 0.294. The minimum Gasteiger partial charge on any atom is -0.356 e. The summed E-state index contributed by atoms with van der Waals surface area (Å²) < 4.78 is 5.21. The van der Waals surface area contributed by atoms with Crippen molar-refractivity contribution in [2.75, 3.05) is 5.32 Å². The third-order valence-corrected chi connectivity index (χ3v) is 3.44. The van der Waals surface area contributed by atoms with Crippen LogP contribution in [-0.2, 0) is 11.2 Å². The lowest BCUT2D eigenvalue weighted by Crippen LogP contribution is -2.17. The van der Waals surface area contributed by atoms with Gasteiger partial charge >= 0.3 is 0 Å². The molecule has 6 nitrogen and oxygen atoms in total. The van der Waals surface area contributed by atoms with Gasteiger partial charge in [-0.05, 0) is 19.1 Å². The summed E-state index contributed by atoms with van der Waals surface area (Å²) >= 11 is 0. The first-order valence-corrected chi connectivity index (χ1v) is 7.51. The first kappa shape index (κ1) is 15.1. The summed E-state index contributed by atoms with van der Waals surface area (Å²) in [6.45, 7) is 5.91. The van der Waals surface area contributed by atoms with Crippen molar-refractivity contribution in [3.63, 3.8) is 0 Å². The Bertz CT molecular complexity index is 855. The molecule has 0 radical (unpaired) electrons. The Morgan fingerprint density at radius 2 is 2.04 bits per heavy atom. The monoisotopic (exact) mass is 310 g/mol. The highest BCUT2D eigenvalue weighted by Gasteiger charge is 2.14. The molecule has 1 amide bonds. The van der Waals surface area contributed by atoms with Gasteiger partial charge in [-0.2, -0.15) is 0 Å². The first-order valence-electron chi connectivity index (χ1n) is 7.51. The van der Waals surface area contributed by atoms with Gasteiger partial charge in [0.1, 0.15) is 17.3 Å². The van der Waals surface area contributed by atoms with Crippen LogP contribution in [0.3, 0.4) is 0 Å². The zero-order valence-corrected chi connectivity index (χ0v) is 13.3. The minimum atomic E-state index is -0.183. The number of para-hydroxylation sites is 1. The number of aryl methyl sites for hydroxylation is 1. The quantitative estimate of drug-likeness (QED) is 0.800. The largest absolute Gasteiger partial charge is 0.356 e. The number of carbonyl (C=O) groups excluding carboxylic acids is 1. The highest BCUT2D eigenvalue weighted by Crippen LogP contribution is 2.19. The second-order valence-electron chi connectivity index (χ2n) is 5.76. The molecule has 1 N–H and O–H groups in total. The number of nitrogens with one attached hydrogen (secondary N) is 1. The second kappa shape index (κ2) is 6.16. The van der Waals surface area contributed by atoms with E-state index in [2.05, 4.69) is 20.4 Å². The van der Waals surface area contributed by atoms with E-state index < -0.39 is 0 Å². The van der Waals surface area contributed by atoms with Crippen LogP contribution in [0.25, 0.3) is 11.0 Å². The van der Waals surface area contributed by atoms with Crippen LogP contribution in [0.5, 0.6) is 0 Å². The van der Waals surface area contributed by atoms with Crippen molar-refractivity contribution < 1.29 is 9.32 Å². The number of amides is 1. The van der Waals surface area contributed by atoms with E-state index in [0.29, 0.717) is 22.9 Å². The van der Waals surface area contributed by atoms with Gasteiger partial charge in [0.15, 0.2) is 5.58 Å². The molecule has 2 aromatic heterocycles. The maximum atomic E-state index is 12.3. The number of nitrogens with zero attached hydrogens (tertiary/aromatic N) is 3. The predicted molar refractivity (Wildman–Crippen MR) is 87.2 cm³/mol. The molecule has 0 bridgehead atoms.